The van der Waals surface area contributed by atoms with Crippen LogP contribution in [0.1, 0.15) is 36.2 Å². The summed E-state index contributed by atoms with van der Waals surface area (Å²) in [5.74, 6) is -0.218. The molecule has 0 heterocycles. The number of benzene rings is 1. The van der Waals surface area contributed by atoms with Gasteiger partial charge in [0.15, 0.2) is 0 Å². The summed E-state index contributed by atoms with van der Waals surface area (Å²) < 4.78 is 0. The van der Waals surface area contributed by atoms with Crippen LogP contribution in [0.25, 0.3) is 0 Å². The molecule has 5 nitrogen and oxygen atoms in total. The number of amides is 1. The van der Waals surface area contributed by atoms with Crippen LogP contribution in [-0.2, 0) is 0 Å². The molecule has 19 heavy (non-hydrogen) atoms. The van der Waals surface area contributed by atoms with Crippen molar-refractivity contribution in [1.29, 1.82) is 0 Å². The van der Waals surface area contributed by atoms with Crippen molar-refractivity contribution in [2.24, 2.45) is 0 Å². The van der Waals surface area contributed by atoms with Crippen LogP contribution in [0.5, 0.6) is 0 Å². The summed E-state index contributed by atoms with van der Waals surface area (Å²) in [6, 6.07) is 4.56. The average Bonchev–Trinajstić information content (AvgIpc) is 2.37. The minimum atomic E-state index is -0.575. The van der Waals surface area contributed by atoms with Gasteiger partial charge in [0.25, 0.3) is 11.6 Å². The van der Waals surface area contributed by atoms with E-state index in [1.165, 1.54) is 6.07 Å². The van der Waals surface area contributed by atoms with E-state index in [1.807, 2.05) is 13.8 Å². The van der Waals surface area contributed by atoms with Crippen LogP contribution >= 0.6 is 11.6 Å². The molecule has 0 fully saturated rings. The van der Waals surface area contributed by atoms with Crippen molar-refractivity contribution in [2.45, 2.75) is 32.7 Å². The minimum absolute atomic E-state index is 0.0947. The molecule has 0 saturated heterocycles. The highest BCUT2D eigenvalue weighted by Crippen LogP contribution is 2.23. The van der Waals surface area contributed by atoms with E-state index >= 15 is 0 Å². The third-order valence-electron chi connectivity index (χ3n) is 3.17. The summed E-state index contributed by atoms with van der Waals surface area (Å²) in [7, 11) is 0. The summed E-state index contributed by atoms with van der Waals surface area (Å²) >= 11 is 5.83. The Morgan fingerprint density at radius 1 is 1.53 bits per heavy atom. The van der Waals surface area contributed by atoms with Gasteiger partial charge in [-0.3, -0.25) is 14.9 Å². The van der Waals surface area contributed by atoms with Crippen molar-refractivity contribution in [2.75, 3.05) is 5.88 Å². The lowest BCUT2D eigenvalue weighted by Gasteiger charge is -2.27. The Hall–Kier alpha value is -1.62. The Bertz CT molecular complexity index is 499. The van der Waals surface area contributed by atoms with Crippen LogP contribution in [0.3, 0.4) is 0 Å². The van der Waals surface area contributed by atoms with Gasteiger partial charge in [-0.15, -0.1) is 11.6 Å². The number of hydrogen-bond donors (Lipinski definition) is 1. The van der Waals surface area contributed by atoms with E-state index in [1.54, 1.807) is 19.1 Å². The molecule has 1 atom stereocenters. The molecule has 1 unspecified atom stereocenters. The number of nitro groups is 1. The lowest BCUT2D eigenvalue weighted by molar-refractivity contribution is -0.385. The van der Waals surface area contributed by atoms with Crippen LogP contribution < -0.4 is 5.32 Å². The predicted octanol–water partition coefficient (Wildman–Crippen LogP) is 3.04. The Kier molecular flexibility index (Phi) is 4.89. The lowest BCUT2D eigenvalue weighted by Crippen LogP contribution is -2.47. The SMILES string of the molecule is CCC(C)(CCl)NC(=O)c1c(C)cccc1[N+](=O)[O-]. The zero-order chi connectivity index (χ0) is 14.6. The molecule has 0 saturated carbocycles. The maximum absolute atomic E-state index is 12.2. The second-order valence-electron chi connectivity index (χ2n) is 4.73. The largest absolute Gasteiger partial charge is 0.345 e. The first kappa shape index (κ1) is 15.4. The molecule has 0 aliphatic carbocycles. The smallest absolute Gasteiger partial charge is 0.282 e. The van der Waals surface area contributed by atoms with Crippen LogP contribution in [0.15, 0.2) is 18.2 Å². The fourth-order valence-corrected chi connectivity index (χ4v) is 1.91. The quantitative estimate of drug-likeness (QED) is 0.513. The van der Waals surface area contributed by atoms with Gasteiger partial charge in [0.1, 0.15) is 5.56 Å². The Balaban J connectivity index is 3.16. The summed E-state index contributed by atoms with van der Waals surface area (Å²) in [4.78, 5) is 22.7. The second kappa shape index (κ2) is 6.02. The molecular weight excluding hydrogens is 268 g/mol. The third-order valence-corrected chi connectivity index (χ3v) is 3.76. The number of carbonyl (C=O) groups is 1. The molecule has 0 radical (unpaired) electrons. The van der Waals surface area contributed by atoms with Gasteiger partial charge in [0, 0.05) is 11.9 Å². The molecule has 0 aromatic heterocycles. The zero-order valence-electron chi connectivity index (χ0n) is 11.2. The highest BCUT2D eigenvalue weighted by atomic mass is 35.5. The molecule has 0 aliphatic heterocycles. The van der Waals surface area contributed by atoms with Gasteiger partial charge >= 0.3 is 0 Å². The molecule has 1 amide bonds. The van der Waals surface area contributed by atoms with Crippen molar-refractivity contribution in [1.82, 2.24) is 5.32 Å². The van der Waals surface area contributed by atoms with Gasteiger partial charge in [-0.2, -0.15) is 0 Å². The summed E-state index contributed by atoms with van der Waals surface area (Å²) in [5, 5.41) is 13.8. The number of alkyl halides is 1. The molecule has 1 aromatic rings. The first-order valence-corrected chi connectivity index (χ1v) is 6.50. The summed E-state index contributed by atoms with van der Waals surface area (Å²) in [6.07, 6.45) is 0.641. The average molecular weight is 285 g/mol. The number of rotatable bonds is 5. The fraction of sp³-hybridized carbons (Fsp3) is 0.462. The zero-order valence-corrected chi connectivity index (χ0v) is 12.0. The molecule has 0 aliphatic rings. The van der Waals surface area contributed by atoms with Crippen LogP contribution in [-0.4, -0.2) is 22.2 Å². The van der Waals surface area contributed by atoms with Gasteiger partial charge in [0.05, 0.1) is 10.5 Å². The lowest BCUT2D eigenvalue weighted by atomic mass is 9.99. The van der Waals surface area contributed by atoms with E-state index in [0.717, 1.165) is 0 Å². The predicted molar refractivity (Wildman–Crippen MR) is 74.7 cm³/mol. The molecule has 0 bridgehead atoms. The Morgan fingerprint density at radius 2 is 2.16 bits per heavy atom. The van der Waals surface area contributed by atoms with Crippen molar-refractivity contribution in [3.8, 4) is 0 Å². The first-order chi connectivity index (χ1) is 8.84. The summed E-state index contributed by atoms with van der Waals surface area (Å²) in [5.41, 5.74) is -0.100. The fourth-order valence-electron chi connectivity index (χ4n) is 1.65. The van der Waals surface area contributed by atoms with Gasteiger partial charge < -0.3 is 5.32 Å². The molecule has 6 heteroatoms. The van der Waals surface area contributed by atoms with Crippen LogP contribution in [0, 0.1) is 17.0 Å². The minimum Gasteiger partial charge on any atom is -0.345 e. The monoisotopic (exact) mass is 284 g/mol. The normalized spacial score (nSPS) is 13.7. The van der Waals surface area contributed by atoms with Crippen LogP contribution in [0.4, 0.5) is 5.69 Å². The van der Waals surface area contributed by atoms with Crippen molar-refractivity contribution in [3.63, 3.8) is 0 Å². The highest BCUT2D eigenvalue weighted by molar-refractivity contribution is 6.19. The van der Waals surface area contributed by atoms with Crippen molar-refractivity contribution < 1.29 is 9.72 Å². The molecular formula is C13H17ClN2O3. The second-order valence-corrected chi connectivity index (χ2v) is 5.00. The Labute approximate surface area is 117 Å². The number of carbonyl (C=O) groups excluding carboxylic acids is 1. The number of nitro benzene ring substituents is 1. The van der Waals surface area contributed by atoms with E-state index in [9.17, 15) is 14.9 Å². The van der Waals surface area contributed by atoms with Gasteiger partial charge in [-0.25, -0.2) is 0 Å². The topological polar surface area (TPSA) is 72.2 Å². The van der Waals surface area contributed by atoms with Gasteiger partial charge in [0.2, 0.25) is 0 Å². The van der Waals surface area contributed by atoms with Gasteiger partial charge in [-0.1, -0.05) is 19.1 Å². The molecule has 1 aromatic carbocycles. The van der Waals surface area contributed by atoms with E-state index in [-0.39, 0.29) is 17.1 Å². The summed E-state index contributed by atoms with van der Waals surface area (Å²) in [6.45, 7) is 5.38. The third kappa shape index (κ3) is 3.44. The molecule has 104 valence electrons. The number of aryl methyl sites for hydroxylation is 1. The van der Waals surface area contributed by atoms with E-state index in [4.69, 9.17) is 11.6 Å². The molecule has 1 N–H and O–H groups in total. The van der Waals surface area contributed by atoms with E-state index in [0.29, 0.717) is 12.0 Å². The van der Waals surface area contributed by atoms with Crippen LogP contribution in [0.2, 0.25) is 0 Å². The molecule has 1 rings (SSSR count). The van der Waals surface area contributed by atoms with Crippen molar-refractivity contribution >= 4 is 23.2 Å². The maximum atomic E-state index is 12.2. The Morgan fingerprint density at radius 3 is 2.63 bits per heavy atom. The number of nitrogens with zero attached hydrogens (tertiary/aromatic N) is 1. The molecule has 0 spiro atoms. The van der Waals surface area contributed by atoms with Gasteiger partial charge in [-0.05, 0) is 25.8 Å². The van der Waals surface area contributed by atoms with E-state index in [2.05, 4.69) is 5.32 Å². The first-order valence-electron chi connectivity index (χ1n) is 5.97. The standard InChI is InChI=1S/C13H17ClN2O3/c1-4-13(3,8-14)15-12(17)11-9(2)6-5-7-10(11)16(18)19/h5-7H,4,8H2,1-3H3,(H,15,17). The van der Waals surface area contributed by atoms with E-state index < -0.39 is 16.4 Å². The number of hydrogen-bond acceptors (Lipinski definition) is 3. The van der Waals surface area contributed by atoms with Crippen molar-refractivity contribution in [3.05, 3.63) is 39.4 Å². The highest BCUT2D eigenvalue weighted by Gasteiger charge is 2.28. The maximum Gasteiger partial charge on any atom is 0.282 e. The number of nitrogens with one attached hydrogen (secondary N) is 1. The number of halogens is 1.